The number of hydrogen-bond donors (Lipinski definition) is 1. The maximum atomic E-state index is 14.5. The summed E-state index contributed by atoms with van der Waals surface area (Å²) >= 11 is 0. The lowest BCUT2D eigenvalue weighted by Crippen LogP contribution is -2.14. The second-order valence-corrected chi connectivity index (χ2v) is 5.08. The van der Waals surface area contributed by atoms with Gasteiger partial charge in [0.1, 0.15) is 0 Å². The number of nitrogens with zero attached hydrogens (tertiary/aromatic N) is 1. The predicted molar refractivity (Wildman–Crippen MR) is 77.9 cm³/mol. The lowest BCUT2D eigenvalue weighted by atomic mass is 10.1. The quantitative estimate of drug-likeness (QED) is 0.858. The van der Waals surface area contributed by atoms with Crippen molar-refractivity contribution in [3.63, 3.8) is 0 Å². The smallest absolute Gasteiger partial charge is 0.310 e. The van der Waals surface area contributed by atoms with E-state index in [1.165, 1.54) is 14.2 Å². The molecule has 0 spiro atoms. The highest BCUT2D eigenvalue weighted by Gasteiger charge is 2.20. The van der Waals surface area contributed by atoms with Crippen molar-refractivity contribution in [2.24, 2.45) is 0 Å². The van der Waals surface area contributed by atoms with Crippen LogP contribution in [0.5, 0.6) is 5.75 Å². The van der Waals surface area contributed by atoms with Crippen LogP contribution in [-0.4, -0.2) is 44.2 Å². The molecule has 1 N–H and O–H groups in total. The Bertz CT molecular complexity index is 664. The van der Waals surface area contributed by atoms with Crippen LogP contribution in [0.2, 0.25) is 0 Å². The minimum atomic E-state index is -0.463. The minimum Gasteiger partial charge on any atom is -0.494 e. The zero-order chi connectivity index (χ0) is 15.6. The summed E-state index contributed by atoms with van der Waals surface area (Å²) in [5.74, 6) is -0.711. The molecule has 2 rings (SSSR count). The lowest BCUT2D eigenvalue weighted by Gasteiger charge is -2.10. The van der Waals surface area contributed by atoms with Gasteiger partial charge >= 0.3 is 5.97 Å². The van der Waals surface area contributed by atoms with E-state index in [-0.39, 0.29) is 12.2 Å². The molecule has 2 aromatic rings. The number of aromatic amines is 1. The molecule has 0 aliphatic heterocycles. The van der Waals surface area contributed by atoms with Crippen LogP contribution in [0.1, 0.15) is 11.3 Å². The number of H-pyrrole nitrogens is 1. The van der Waals surface area contributed by atoms with Crippen LogP contribution in [0.15, 0.2) is 12.1 Å². The topological polar surface area (TPSA) is 54.6 Å². The standard InChI is InChI=1S/C15H19FN2O3/c1-18(2)8-11-9(7-13(19)21-4)14-10(17-11)5-6-12(20-3)15(14)16/h5-6,17H,7-8H2,1-4H3. The molecule has 0 saturated carbocycles. The Hall–Kier alpha value is -2.08. The third-order valence-electron chi connectivity index (χ3n) is 3.30. The van der Waals surface area contributed by atoms with Crippen molar-refractivity contribution in [3.05, 3.63) is 29.2 Å². The van der Waals surface area contributed by atoms with E-state index >= 15 is 0 Å². The van der Waals surface area contributed by atoms with E-state index in [0.29, 0.717) is 23.0 Å². The molecule has 1 heterocycles. The summed E-state index contributed by atoms with van der Waals surface area (Å²) in [7, 11) is 6.55. The highest BCUT2D eigenvalue weighted by atomic mass is 19.1. The molecule has 0 aliphatic rings. The molecule has 1 aromatic carbocycles. The molecule has 0 fully saturated rings. The highest BCUT2D eigenvalue weighted by Crippen LogP contribution is 2.31. The van der Waals surface area contributed by atoms with Crippen LogP contribution >= 0.6 is 0 Å². The van der Waals surface area contributed by atoms with Crippen LogP contribution in [-0.2, 0) is 22.5 Å². The summed E-state index contributed by atoms with van der Waals surface area (Å²) in [6.07, 6.45) is 0.0176. The second kappa shape index (κ2) is 6.13. The van der Waals surface area contributed by atoms with Crippen molar-refractivity contribution in [1.82, 2.24) is 9.88 Å². The SMILES string of the molecule is COC(=O)Cc1c(CN(C)C)[nH]c2ccc(OC)c(F)c12. The fourth-order valence-electron chi connectivity index (χ4n) is 2.37. The van der Waals surface area contributed by atoms with Crippen molar-refractivity contribution in [3.8, 4) is 5.75 Å². The fraction of sp³-hybridized carbons (Fsp3) is 0.400. The van der Waals surface area contributed by atoms with Crippen LogP contribution in [0.25, 0.3) is 10.9 Å². The molecular formula is C15H19FN2O3. The van der Waals surface area contributed by atoms with E-state index in [9.17, 15) is 9.18 Å². The van der Waals surface area contributed by atoms with Gasteiger partial charge in [-0.2, -0.15) is 0 Å². The molecule has 0 amide bonds. The number of methoxy groups -OCH3 is 2. The van der Waals surface area contributed by atoms with E-state index in [1.807, 2.05) is 19.0 Å². The van der Waals surface area contributed by atoms with Gasteiger partial charge in [0.2, 0.25) is 0 Å². The highest BCUT2D eigenvalue weighted by molar-refractivity contribution is 5.90. The minimum absolute atomic E-state index is 0.0176. The number of hydrogen-bond acceptors (Lipinski definition) is 4. The number of esters is 1. The van der Waals surface area contributed by atoms with Gasteiger partial charge in [-0.25, -0.2) is 4.39 Å². The number of benzene rings is 1. The van der Waals surface area contributed by atoms with Gasteiger partial charge in [-0.1, -0.05) is 0 Å². The van der Waals surface area contributed by atoms with Gasteiger partial charge in [0, 0.05) is 23.1 Å². The maximum absolute atomic E-state index is 14.5. The summed E-state index contributed by atoms with van der Waals surface area (Å²) < 4.78 is 24.2. The number of carbonyl (C=O) groups excluding carboxylic acids is 1. The Morgan fingerprint density at radius 1 is 1.33 bits per heavy atom. The summed E-state index contributed by atoms with van der Waals surface area (Å²) in [5, 5.41) is 0.386. The molecule has 5 nitrogen and oxygen atoms in total. The first kappa shape index (κ1) is 15.3. The number of halogens is 1. The zero-order valence-electron chi connectivity index (χ0n) is 12.6. The van der Waals surface area contributed by atoms with Crippen LogP contribution in [0.3, 0.4) is 0 Å². The molecule has 0 saturated heterocycles. The predicted octanol–water partition coefficient (Wildman–Crippen LogP) is 2.09. The van der Waals surface area contributed by atoms with Gasteiger partial charge in [-0.05, 0) is 31.8 Å². The maximum Gasteiger partial charge on any atom is 0.310 e. The number of ether oxygens (including phenoxy) is 2. The molecule has 0 atom stereocenters. The fourth-order valence-corrected chi connectivity index (χ4v) is 2.37. The Kier molecular flexibility index (Phi) is 4.47. The first-order valence-corrected chi connectivity index (χ1v) is 6.55. The molecule has 0 bridgehead atoms. The molecule has 114 valence electrons. The van der Waals surface area contributed by atoms with Gasteiger partial charge in [0.25, 0.3) is 0 Å². The summed E-state index contributed by atoms with van der Waals surface area (Å²) in [6.45, 7) is 0.572. The van der Waals surface area contributed by atoms with Crippen molar-refractivity contribution in [2.75, 3.05) is 28.3 Å². The Morgan fingerprint density at radius 3 is 2.62 bits per heavy atom. The van der Waals surface area contributed by atoms with Crippen molar-refractivity contribution in [2.45, 2.75) is 13.0 Å². The second-order valence-electron chi connectivity index (χ2n) is 5.08. The van der Waals surface area contributed by atoms with Crippen LogP contribution < -0.4 is 4.74 Å². The van der Waals surface area contributed by atoms with E-state index in [2.05, 4.69) is 4.98 Å². The van der Waals surface area contributed by atoms with E-state index in [4.69, 9.17) is 9.47 Å². The van der Waals surface area contributed by atoms with E-state index in [0.717, 1.165) is 5.69 Å². The monoisotopic (exact) mass is 294 g/mol. The molecule has 0 unspecified atom stereocenters. The number of rotatable bonds is 5. The molecule has 21 heavy (non-hydrogen) atoms. The zero-order valence-corrected chi connectivity index (χ0v) is 12.6. The van der Waals surface area contributed by atoms with Gasteiger partial charge < -0.3 is 19.4 Å². The van der Waals surface area contributed by atoms with Crippen LogP contribution in [0, 0.1) is 5.82 Å². The normalized spacial score (nSPS) is 11.1. The largest absolute Gasteiger partial charge is 0.494 e. The summed E-state index contributed by atoms with van der Waals surface area (Å²) in [6, 6.07) is 3.31. The first-order valence-electron chi connectivity index (χ1n) is 6.55. The Labute approximate surface area is 122 Å². The number of nitrogens with one attached hydrogen (secondary N) is 1. The van der Waals surface area contributed by atoms with Crippen molar-refractivity contribution < 1.29 is 18.7 Å². The third kappa shape index (κ3) is 3.00. The van der Waals surface area contributed by atoms with E-state index in [1.54, 1.807) is 12.1 Å². The van der Waals surface area contributed by atoms with E-state index < -0.39 is 11.8 Å². The van der Waals surface area contributed by atoms with Gasteiger partial charge in [-0.15, -0.1) is 0 Å². The van der Waals surface area contributed by atoms with Gasteiger partial charge in [0.15, 0.2) is 11.6 Å². The summed E-state index contributed by atoms with van der Waals surface area (Å²) in [4.78, 5) is 16.7. The average molecular weight is 294 g/mol. The van der Waals surface area contributed by atoms with Gasteiger partial charge in [0.05, 0.1) is 20.6 Å². The number of aromatic nitrogens is 1. The molecule has 0 aliphatic carbocycles. The molecule has 1 aromatic heterocycles. The molecule has 0 radical (unpaired) electrons. The molecular weight excluding hydrogens is 275 g/mol. The Morgan fingerprint density at radius 2 is 2.05 bits per heavy atom. The Balaban J connectivity index is 2.64. The summed E-state index contributed by atoms with van der Waals surface area (Å²) in [5.41, 5.74) is 2.05. The number of carbonyl (C=O) groups is 1. The van der Waals surface area contributed by atoms with Crippen molar-refractivity contribution >= 4 is 16.9 Å². The third-order valence-corrected chi connectivity index (χ3v) is 3.30. The van der Waals surface area contributed by atoms with Crippen LogP contribution in [0.4, 0.5) is 4.39 Å². The number of fused-ring (bicyclic) bond motifs is 1. The van der Waals surface area contributed by atoms with Gasteiger partial charge in [-0.3, -0.25) is 4.79 Å². The average Bonchev–Trinajstić information content (AvgIpc) is 2.77. The first-order chi connectivity index (χ1) is 9.97. The lowest BCUT2D eigenvalue weighted by molar-refractivity contribution is -0.139. The molecule has 6 heteroatoms. The van der Waals surface area contributed by atoms with Crippen molar-refractivity contribution in [1.29, 1.82) is 0 Å².